The topological polar surface area (TPSA) is 29.1 Å². The zero-order chi connectivity index (χ0) is 11.4. The molecule has 15 heavy (non-hydrogen) atoms. The normalized spacial score (nSPS) is 12.3. The van der Waals surface area contributed by atoms with E-state index < -0.39 is 0 Å². The van der Waals surface area contributed by atoms with Gasteiger partial charge in [0.2, 0.25) is 5.91 Å². The molecule has 0 bridgehead atoms. The molecule has 0 aromatic heterocycles. The summed E-state index contributed by atoms with van der Waals surface area (Å²) in [5.41, 5.74) is 1.03. The molecule has 1 rings (SSSR count). The van der Waals surface area contributed by atoms with Crippen molar-refractivity contribution < 1.29 is 4.79 Å². The lowest BCUT2D eigenvalue weighted by Crippen LogP contribution is -2.32. The van der Waals surface area contributed by atoms with Gasteiger partial charge in [0.25, 0.3) is 0 Å². The van der Waals surface area contributed by atoms with Crippen LogP contribution in [0.2, 0.25) is 5.02 Å². The molecule has 0 aliphatic heterocycles. The largest absolute Gasteiger partial charge is 0.354 e. The first kappa shape index (κ1) is 12.5. The highest BCUT2D eigenvalue weighted by Crippen LogP contribution is 2.22. The summed E-state index contributed by atoms with van der Waals surface area (Å²) in [5, 5.41) is 3.56. The Labute approximate surface area is 103 Å². The first-order valence-corrected chi connectivity index (χ1v) is 5.87. The number of nitrogens with one attached hydrogen (secondary N) is 1. The van der Waals surface area contributed by atoms with Crippen LogP contribution in [-0.2, 0) is 11.2 Å². The minimum absolute atomic E-state index is 0.0198. The van der Waals surface area contributed by atoms with E-state index in [0.717, 1.165) is 21.5 Å². The summed E-state index contributed by atoms with van der Waals surface area (Å²) in [6.07, 6.45) is 0.734. The highest BCUT2D eigenvalue weighted by molar-refractivity contribution is 9.10. The Morgan fingerprint density at radius 2 is 2.27 bits per heavy atom. The number of carbonyl (C=O) groups is 1. The van der Waals surface area contributed by atoms with E-state index in [0.29, 0.717) is 0 Å². The van der Waals surface area contributed by atoms with E-state index in [9.17, 15) is 4.79 Å². The van der Waals surface area contributed by atoms with Gasteiger partial charge in [0.1, 0.15) is 0 Å². The summed E-state index contributed by atoms with van der Waals surface area (Å²) in [7, 11) is 0. The average Bonchev–Trinajstić information content (AvgIpc) is 2.10. The molecule has 1 atom stereocenters. The van der Waals surface area contributed by atoms with Crippen molar-refractivity contribution in [2.45, 2.75) is 26.3 Å². The van der Waals surface area contributed by atoms with E-state index in [1.165, 1.54) is 6.92 Å². The van der Waals surface area contributed by atoms with Crippen LogP contribution in [0.25, 0.3) is 0 Å². The van der Waals surface area contributed by atoms with E-state index >= 15 is 0 Å². The van der Waals surface area contributed by atoms with E-state index in [1.54, 1.807) is 0 Å². The minimum Gasteiger partial charge on any atom is -0.354 e. The maximum absolute atomic E-state index is 10.8. The van der Waals surface area contributed by atoms with Crippen LogP contribution in [0.1, 0.15) is 19.4 Å². The van der Waals surface area contributed by atoms with Crippen molar-refractivity contribution in [2.24, 2.45) is 0 Å². The Kier molecular flexibility index (Phi) is 4.61. The van der Waals surface area contributed by atoms with Gasteiger partial charge in [-0.15, -0.1) is 0 Å². The minimum atomic E-state index is -0.0198. The second-order valence-corrected chi connectivity index (χ2v) is 4.86. The first-order valence-electron chi connectivity index (χ1n) is 4.70. The molecule has 2 nitrogen and oxygen atoms in total. The van der Waals surface area contributed by atoms with Gasteiger partial charge in [-0.25, -0.2) is 0 Å². The van der Waals surface area contributed by atoms with Crippen LogP contribution < -0.4 is 5.32 Å². The van der Waals surface area contributed by atoms with Gasteiger partial charge in [-0.2, -0.15) is 0 Å². The molecular weight excluding hydrogens is 277 g/mol. The molecule has 0 aliphatic carbocycles. The van der Waals surface area contributed by atoms with Gasteiger partial charge in [-0.1, -0.05) is 27.5 Å². The fourth-order valence-corrected chi connectivity index (χ4v) is 2.03. The van der Waals surface area contributed by atoms with Crippen molar-refractivity contribution in [3.63, 3.8) is 0 Å². The number of hydrogen-bond donors (Lipinski definition) is 1. The van der Waals surface area contributed by atoms with Gasteiger partial charge < -0.3 is 5.32 Å². The fourth-order valence-electron chi connectivity index (χ4n) is 1.43. The van der Waals surface area contributed by atoms with Crippen molar-refractivity contribution in [2.75, 3.05) is 0 Å². The standard InChI is InChI=1S/C11H13BrClNO/c1-7(14-8(2)15)5-9-6-10(12)3-4-11(9)13/h3-4,6-7H,5H2,1-2H3,(H,14,15). The Bertz CT molecular complexity index is 368. The summed E-state index contributed by atoms with van der Waals surface area (Å²) in [6, 6.07) is 5.81. The number of halogens is 2. The Hall–Kier alpha value is -0.540. The third-order valence-corrected chi connectivity index (χ3v) is 2.85. The molecule has 1 aromatic rings. The number of hydrogen-bond acceptors (Lipinski definition) is 1. The van der Waals surface area contributed by atoms with Gasteiger partial charge in [-0.05, 0) is 37.1 Å². The monoisotopic (exact) mass is 289 g/mol. The maximum Gasteiger partial charge on any atom is 0.217 e. The summed E-state index contributed by atoms with van der Waals surface area (Å²) in [4.78, 5) is 10.8. The van der Waals surface area contributed by atoms with Crippen LogP contribution >= 0.6 is 27.5 Å². The lowest BCUT2D eigenvalue weighted by atomic mass is 10.1. The van der Waals surface area contributed by atoms with Crippen LogP contribution in [0.3, 0.4) is 0 Å². The maximum atomic E-state index is 10.8. The predicted octanol–water partition coefficient (Wildman–Crippen LogP) is 3.17. The van der Waals surface area contributed by atoms with Crippen LogP contribution in [0.5, 0.6) is 0 Å². The number of benzene rings is 1. The lowest BCUT2D eigenvalue weighted by molar-refractivity contribution is -0.119. The van der Waals surface area contributed by atoms with Crippen LogP contribution in [0.15, 0.2) is 22.7 Å². The van der Waals surface area contributed by atoms with Crippen molar-refractivity contribution >= 4 is 33.4 Å². The molecular formula is C11H13BrClNO. The van der Waals surface area contributed by atoms with E-state index in [2.05, 4.69) is 21.2 Å². The smallest absolute Gasteiger partial charge is 0.217 e. The van der Waals surface area contributed by atoms with Crippen molar-refractivity contribution in [1.82, 2.24) is 5.32 Å². The third kappa shape index (κ3) is 4.22. The summed E-state index contributed by atoms with van der Waals surface area (Å²) < 4.78 is 0.997. The Morgan fingerprint density at radius 1 is 1.60 bits per heavy atom. The van der Waals surface area contributed by atoms with Crippen LogP contribution in [0, 0.1) is 0 Å². The number of carbonyl (C=O) groups excluding carboxylic acids is 1. The highest BCUT2D eigenvalue weighted by Gasteiger charge is 2.08. The molecule has 1 amide bonds. The quantitative estimate of drug-likeness (QED) is 0.910. The van der Waals surface area contributed by atoms with Gasteiger partial charge in [0.05, 0.1) is 0 Å². The first-order chi connectivity index (χ1) is 6.99. The zero-order valence-corrected chi connectivity index (χ0v) is 11.0. The van der Waals surface area contributed by atoms with Crippen molar-refractivity contribution in [3.05, 3.63) is 33.3 Å². The zero-order valence-electron chi connectivity index (χ0n) is 8.68. The second-order valence-electron chi connectivity index (χ2n) is 3.54. The molecule has 0 heterocycles. The van der Waals surface area contributed by atoms with Crippen molar-refractivity contribution in [1.29, 1.82) is 0 Å². The molecule has 0 aliphatic rings. The molecule has 0 radical (unpaired) electrons. The van der Waals surface area contributed by atoms with Crippen LogP contribution in [0.4, 0.5) is 0 Å². The second kappa shape index (κ2) is 5.52. The average molecular weight is 291 g/mol. The molecule has 0 spiro atoms. The number of amides is 1. The van der Waals surface area contributed by atoms with E-state index in [-0.39, 0.29) is 11.9 Å². The summed E-state index contributed by atoms with van der Waals surface area (Å²) in [6.45, 7) is 3.47. The molecule has 0 saturated carbocycles. The van der Waals surface area contributed by atoms with Crippen molar-refractivity contribution in [3.8, 4) is 0 Å². The Morgan fingerprint density at radius 3 is 2.87 bits per heavy atom. The molecule has 0 saturated heterocycles. The van der Waals surface area contributed by atoms with Gasteiger partial charge in [-0.3, -0.25) is 4.79 Å². The summed E-state index contributed by atoms with van der Waals surface area (Å²) >= 11 is 9.43. The molecule has 1 aromatic carbocycles. The van der Waals surface area contributed by atoms with Gasteiger partial charge in [0, 0.05) is 22.5 Å². The molecule has 0 fully saturated rings. The predicted molar refractivity (Wildman–Crippen MR) is 66.1 cm³/mol. The molecule has 1 N–H and O–H groups in total. The molecule has 82 valence electrons. The Balaban J connectivity index is 2.71. The third-order valence-electron chi connectivity index (χ3n) is 1.98. The van der Waals surface area contributed by atoms with E-state index in [4.69, 9.17) is 11.6 Å². The van der Waals surface area contributed by atoms with Crippen LogP contribution in [-0.4, -0.2) is 11.9 Å². The molecule has 4 heteroatoms. The lowest BCUT2D eigenvalue weighted by Gasteiger charge is -2.13. The number of rotatable bonds is 3. The fraction of sp³-hybridized carbons (Fsp3) is 0.364. The van der Waals surface area contributed by atoms with E-state index in [1.807, 2.05) is 25.1 Å². The highest BCUT2D eigenvalue weighted by atomic mass is 79.9. The summed E-state index contributed by atoms with van der Waals surface area (Å²) in [5.74, 6) is -0.0198. The SMILES string of the molecule is CC(=O)NC(C)Cc1cc(Br)ccc1Cl. The van der Waals surface area contributed by atoms with Gasteiger partial charge in [0.15, 0.2) is 0 Å². The molecule has 1 unspecified atom stereocenters. The van der Waals surface area contributed by atoms with Gasteiger partial charge >= 0.3 is 0 Å².